The number of hydrogen-bond donors (Lipinski definition) is 1. The van der Waals surface area contributed by atoms with E-state index in [1.807, 2.05) is 44.2 Å². The lowest BCUT2D eigenvalue weighted by Crippen LogP contribution is -2.30. The second-order valence-corrected chi connectivity index (χ2v) is 9.59. The summed E-state index contributed by atoms with van der Waals surface area (Å²) in [6.45, 7) is 7.94. The van der Waals surface area contributed by atoms with E-state index >= 15 is 0 Å². The highest BCUT2D eigenvalue weighted by Crippen LogP contribution is 2.36. The van der Waals surface area contributed by atoms with E-state index < -0.39 is 0 Å². The van der Waals surface area contributed by atoms with Crippen molar-refractivity contribution in [1.29, 1.82) is 0 Å². The van der Waals surface area contributed by atoms with Gasteiger partial charge in [-0.05, 0) is 50.8 Å². The molecule has 3 aromatic heterocycles. The largest absolute Gasteiger partial charge is 0.367 e. The van der Waals surface area contributed by atoms with E-state index in [1.54, 1.807) is 4.52 Å². The summed E-state index contributed by atoms with van der Waals surface area (Å²) in [6.07, 6.45) is 3.53. The molecule has 6 rings (SSSR count). The van der Waals surface area contributed by atoms with E-state index in [0.29, 0.717) is 0 Å². The molecule has 1 atom stereocenters. The lowest BCUT2D eigenvalue weighted by molar-refractivity contribution is 0.450. The molecule has 1 aliphatic heterocycles. The molecule has 0 bridgehead atoms. The van der Waals surface area contributed by atoms with E-state index in [-0.39, 0.29) is 11.5 Å². The lowest BCUT2D eigenvalue weighted by Gasteiger charge is -2.28. The Kier molecular flexibility index (Phi) is 5.20. The molecule has 0 amide bonds. The first kappa shape index (κ1) is 21.6. The average molecular weight is 468 g/mol. The van der Waals surface area contributed by atoms with Crippen LogP contribution >= 0.6 is 0 Å². The number of piperidine rings is 1. The minimum atomic E-state index is -0.121. The van der Waals surface area contributed by atoms with Gasteiger partial charge in [0.25, 0.3) is 5.56 Å². The molecule has 2 aromatic carbocycles. The Labute approximate surface area is 203 Å². The summed E-state index contributed by atoms with van der Waals surface area (Å²) in [5.41, 5.74) is 7.83. The summed E-state index contributed by atoms with van der Waals surface area (Å²) in [5, 5.41) is 9.94. The molecule has 0 aliphatic carbocycles. The van der Waals surface area contributed by atoms with Gasteiger partial charge in [-0.2, -0.15) is 9.61 Å². The standard InChI is InChI=1S/C28H29N5O2/c1-17(21-12-13-23-22(16-21)18(2)31-35-23)24-19(3)29-27-26(32-14-8-5-9-15-32)25(30-33(27)28(24)34)20-10-6-4-7-11-20/h4,6-7,10-13,16-17,29H,5,8-9,14-15H2,1-3H3/t17-/m1/s1. The number of aromatic amines is 1. The predicted molar refractivity (Wildman–Crippen MR) is 138 cm³/mol. The summed E-state index contributed by atoms with van der Waals surface area (Å²) in [4.78, 5) is 19.9. The Balaban J connectivity index is 1.54. The number of hydrogen-bond acceptors (Lipinski definition) is 5. The molecule has 0 unspecified atom stereocenters. The molecule has 1 fully saturated rings. The number of nitrogens with one attached hydrogen (secondary N) is 1. The maximum Gasteiger partial charge on any atom is 0.278 e. The highest BCUT2D eigenvalue weighted by Gasteiger charge is 2.26. The van der Waals surface area contributed by atoms with Crippen LogP contribution in [0.3, 0.4) is 0 Å². The number of rotatable bonds is 4. The third-order valence-corrected chi connectivity index (χ3v) is 7.32. The number of benzene rings is 2. The minimum Gasteiger partial charge on any atom is -0.367 e. The third-order valence-electron chi connectivity index (χ3n) is 7.32. The van der Waals surface area contributed by atoms with Crippen molar-refractivity contribution in [2.24, 2.45) is 0 Å². The molecule has 5 aromatic rings. The van der Waals surface area contributed by atoms with Crippen molar-refractivity contribution < 1.29 is 4.52 Å². The van der Waals surface area contributed by atoms with E-state index in [1.165, 1.54) is 6.42 Å². The van der Waals surface area contributed by atoms with Crippen LogP contribution in [0.1, 0.15) is 54.6 Å². The van der Waals surface area contributed by atoms with Gasteiger partial charge < -0.3 is 14.4 Å². The Bertz CT molecular complexity index is 1590. The molecule has 1 aliphatic rings. The van der Waals surface area contributed by atoms with Crippen LogP contribution in [0.2, 0.25) is 0 Å². The van der Waals surface area contributed by atoms with Gasteiger partial charge in [0.15, 0.2) is 11.2 Å². The minimum absolute atomic E-state index is 0.0775. The molecule has 4 heterocycles. The van der Waals surface area contributed by atoms with Crippen molar-refractivity contribution >= 4 is 22.3 Å². The summed E-state index contributed by atoms with van der Waals surface area (Å²) >= 11 is 0. The fourth-order valence-corrected chi connectivity index (χ4v) is 5.42. The van der Waals surface area contributed by atoms with Crippen molar-refractivity contribution in [3.8, 4) is 11.3 Å². The molecule has 0 spiro atoms. The summed E-state index contributed by atoms with van der Waals surface area (Å²) in [5.74, 6) is -0.121. The van der Waals surface area contributed by atoms with Crippen molar-refractivity contribution in [2.75, 3.05) is 18.0 Å². The molecule has 0 saturated carbocycles. The topological polar surface area (TPSA) is 79.4 Å². The van der Waals surface area contributed by atoms with Crippen molar-refractivity contribution in [1.82, 2.24) is 19.8 Å². The molecular formula is C28H29N5O2. The molecule has 7 heteroatoms. The van der Waals surface area contributed by atoms with Gasteiger partial charge in [0.2, 0.25) is 0 Å². The Morgan fingerprint density at radius 2 is 1.80 bits per heavy atom. The van der Waals surface area contributed by atoms with E-state index in [2.05, 4.69) is 40.2 Å². The molecule has 35 heavy (non-hydrogen) atoms. The van der Waals surface area contributed by atoms with E-state index in [9.17, 15) is 4.79 Å². The zero-order valence-corrected chi connectivity index (χ0v) is 20.3. The second-order valence-electron chi connectivity index (χ2n) is 9.59. The van der Waals surface area contributed by atoms with E-state index in [4.69, 9.17) is 9.62 Å². The number of H-pyrrole nitrogens is 1. The first-order chi connectivity index (χ1) is 17.0. The van der Waals surface area contributed by atoms with Gasteiger partial charge in [-0.1, -0.05) is 48.5 Å². The molecule has 1 saturated heterocycles. The number of aromatic nitrogens is 4. The van der Waals surface area contributed by atoms with Gasteiger partial charge in [0.1, 0.15) is 11.4 Å². The predicted octanol–water partition coefficient (Wildman–Crippen LogP) is 5.59. The molecule has 0 radical (unpaired) electrons. The summed E-state index contributed by atoms with van der Waals surface area (Å²) < 4.78 is 6.95. The second kappa shape index (κ2) is 8.41. The highest BCUT2D eigenvalue weighted by atomic mass is 16.5. The zero-order chi connectivity index (χ0) is 24.1. The van der Waals surface area contributed by atoms with Gasteiger partial charge in [0.05, 0.1) is 5.69 Å². The summed E-state index contributed by atoms with van der Waals surface area (Å²) in [6, 6.07) is 16.2. The van der Waals surface area contributed by atoms with Crippen LogP contribution in [-0.4, -0.2) is 32.8 Å². The average Bonchev–Trinajstić information content (AvgIpc) is 3.45. The quantitative estimate of drug-likeness (QED) is 0.373. The third kappa shape index (κ3) is 3.53. The maximum absolute atomic E-state index is 14.0. The van der Waals surface area contributed by atoms with E-state index in [0.717, 1.165) is 82.0 Å². The van der Waals surface area contributed by atoms with Crippen LogP contribution in [0.5, 0.6) is 0 Å². The normalized spacial score (nSPS) is 15.2. The smallest absolute Gasteiger partial charge is 0.278 e. The lowest BCUT2D eigenvalue weighted by atomic mass is 9.92. The van der Waals surface area contributed by atoms with Gasteiger partial charge in [-0.25, -0.2) is 0 Å². The number of nitrogens with zero attached hydrogens (tertiary/aromatic N) is 4. The monoisotopic (exact) mass is 467 g/mol. The molecule has 178 valence electrons. The number of aryl methyl sites for hydroxylation is 2. The molecular weight excluding hydrogens is 438 g/mol. The Morgan fingerprint density at radius 1 is 1.03 bits per heavy atom. The maximum atomic E-state index is 14.0. The zero-order valence-electron chi connectivity index (χ0n) is 20.3. The van der Waals surface area contributed by atoms with Crippen LogP contribution < -0.4 is 10.5 Å². The van der Waals surface area contributed by atoms with Crippen LogP contribution in [0.25, 0.3) is 27.9 Å². The summed E-state index contributed by atoms with van der Waals surface area (Å²) in [7, 11) is 0. The van der Waals surface area contributed by atoms with Crippen LogP contribution in [0.15, 0.2) is 57.8 Å². The molecule has 1 N–H and O–H groups in total. The van der Waals surface area contributed by atoms with Crippen LogP contribution in [0.4, 0.5) is 5.69 Å². The number of fused-ring (bicyclic) bond motifs is 2. The fourth-order valence-electron chi connectivity index (χ4n) is 5.42. The first-order valence-electron chi connectivity index (χ1n) is 12.3. The first-order valence-corrected chi connectivity index (χ1v) is 12.3. The van der Waals surface area contributed by atoms with Gasteiger partial charge in [-0.3, -0.25) is 4.79 Å². The van der Waals surface area contributed by atoms with Crippen molar-refractivity contribution in [3.05, 3.63) is 81.4 Å². The Hall–Kier alpha value is -3.87. The van der Waals surface area contributed by atoms with Crippen LogP contribution in [0, 0.1) is 13.8 Å². The SMILES string of the molecule is Cc1[nH]c2c(N3CCCCC3)c(-c3ccccc3)nn2c(=O)c1[C@H](C)c1ccc2onc(C)c2c1. The highest BCUT2D eigenvalue weighted by molar-refractivity contribution is 5.86. The van der Waals surface area contributed by atoms with Gasteiger partial charge in [-0.15, -0.1) is 0 Å². The van der Waals surface area contributed by atoms with Crippen molar-refractivity contribution in [3.63, 3.8) is 0 Å². The number of anilines is 1. The Morgan fingerprint density at radius 3 is 2.57 bits per heavy atom. The fraction of sp³-hybridized carbons (Fsp3) is 0.321. The van der Waals surface area contributed by atoms with Gasteiger partial charge in [0, 0.05) is 41.2 Å². The van der Waals surface area contributed by atoms with Crippen LogP contribution in [-0.2, 0) is 0 Å². The molecule has 7 nitrogen and oxygen atoms in total. The van der Waals surface area contributed by atoms with Crippen molar-refractivity contribution in [2.45, 2.75) is 46.0 Å². The van der Waals surface area contributed by atoms with Gasteiger partial charge >= 0.3 is 0 Å².